The summed E-state index contributed by atoms with van der Waals surface area (Å²) in [6, 6.07) is 0.626. The Morgan fingerprint density at radius 3 is 2.95 bits per heavy atom. The Kier molecular flexibility index (Phi) is 5.40. The van der Waals surface area contributed by atoms with Crippen LogP contribution in [0.25, 0.3) is 0 Å². The highest BCUT2D eigenvalue weighted by molar-refractivity contribution is 5.79. The summed E-state index contributed by atoms with van der Waals surface area (Å²) in [7, 11) is 0. The van der Waals surface area contributed by atoms with Gasteiger partial charge in [-0.05, 0) is 51.1 Å². The Balaban J connectivity index is 1.79. The molecule has 2 rings (SSSR count). The van der Waals surface area contributed by atoms with Crippen molar-refractivity contribution in [2.75, 3.05) is 13.2 Å². The van der Waals surface area contributed by atoms with E-state index in [9.17, 15) is 4.79 Å². The van der Waals surface area contributed by atoms with Crippen LogP contribution in [0.5, 0.6) is 0 Å². The first kappa shape index (κ1) is 14.5. The number of hydrogen-bond acceptors (Lipinski definition) is 3. The largest absolute Gasteiger partial charge is 0.392 e. The van der Waals surface area contributed by atoms with Gasteiger partial charge in [-0.25, -0.2) is 0 Å². The number of aliphatic hydroxyl groups is 1. The second kappa shape index (κ2) is 7.06. The average Bonchev–Trinajstić information content (AvgIpc) is 2.48. The van der Waals surface area contributed by atoms with Gasteiger partial charge >= 0.3 is 0 Å². The molecule has 0 aromatic heterocycles. The zero-order chi connectivity index (χ0) is 13.7. The summed E-state index contributed by atoms with van der Waals surface area (Å²) in [5.74, 6) is 0.259. The number of nitrogens with one attached hydrogen (secondary N) is 2. The average molecular weight is 266 g/mol. The second-order valence-electron chi connectivity index (χ2n) is 5.85. The van der Waals surface area contributed by atoms with E-state index < -0.39 is 0 Å². The number of piperidine rings is 1. The molecule has 1 amide bonds. The van der Waals surface area contributed by atoms with Crippen LogP contribution < -0.4 is 10.6 Å². The molecule has 0 spiro atoms. The summed E-state index contributed by atoms with van der Waals surface area (Å²) in [6.45, 7) is 3.30. The molecule has 0 aromatic rings. The molecule has 3 N–H and O–H groups in total. The van der Waals surface area contributed by atoms with Gasteiger partial charge in [-0.2, -0.15) is 0 Å². The van der Waals surface area contributed by atoms with Gasteiger partial charge in [-0.15, -0.1) is 0 Å². The smallest absolute Gasteiger partial charge is 0.223 e. The number of aliphatic hydroxyl groups excluding tert-OH is 1. The molecule has 19 heavy (non-hydrogen) atoms. The molecule has 2 aliphatic rings. The maximum Gasteiger partial charge on any atom is 0.223 e. The molecule has 4 heteroatoms. The first-order chi connectivity index (χ1) is 9.20. The number of carbonyl (C=O) groups excluding carboxylic acids is 1. The van der Waals surface area contributed by atoms with Crippen LogP contribution in [0.3, 0.4) is 0 Å². The van der Waals surface area contributed by atoms with E-state index in [1.54, 1.807) is 0 Å². The van der Waals surface area contributed by atoms with Crippen molar-refractivity contribution in [1.29, 1.82) is 0 Å². The molecule has 0 bridgehead atoms. The monoisotopic (exact) mass is 266 g/mol. The van der Waals surface area contributed by atoms with Crippen LogP contribution in [0.1, 0.15) is 45.4 Å². The van der Waals surface area contributed by atoms with Crippen LogP contribution in [-0.2, 0) is 4.79 Å². The number of amides is 1. The molecule has 3 unspecified atom stereocenters. The van der Waals surface area contributed by atoms with Gasteiger partial charge in [0, 0.05) is 18.0 Å². The molecule has 1 aliphatic carbocycles. The molecule has 3 atom stereocenters. The molecule has 4 nitrogen and oxygen atoms in total. The van der Waals surface area contributed by atoms with Gasteiger partial charge in [0.15, 0.2) is 0 Å². The number of rotatable bonds is 4. The van der Waals surface area contributed by atoms with Crippen LogP contribution in [0.2, 0.25) is 0 Å². The fourth-order valence-electron chi connectivity index (χ4n) is 3.02. The van der Waals surface area contributed by atoms with E-state index in [0.717, 1.165) is 37.8 Å². The van der Waals surface area contributed by atoms with Crippen LogP contribution in [0.15, 0.2) is 11.6 Å². The lowest BCUT2D eigenvalue weighted by molar-refractivity contribution is -0.126. The van der Waals surface area contributed by atoms with Gasteiger partial charge in [-0.1, -0.05) is 12.5 Å². The first-order valence-electron chi connectivity index (χ1n) is 7.53. The van der Waals surface area contributed by atoms with Gasteiger partial charge < -0.3 is 15.7 Å². The van der Waals surface area contributed by atoms with Crippen molar-refractivity contribution in [3.8, 4) is 0 Å². The van der Waals surface area contributed by atoms with Gasteiger partial charge in [0.05, 0.1) is 6.61 Å². The number of carbonyl (C=O) groups is 1. The maximum absolute atomic E-state index is 12.2. The Bertz CT molecular complexity index is 335. The highest BCUT2D eigenvalue weighted by Gasteiger charge is 2.25. The third kappa shape index (κ3) is 4.05. The molecular weight excluding hydrogens is 240 g/mol. The lowest BCUT2D eigenvalue weighted by Crippen LogP contribution is -2.51. The number of allylic oxidation sites excluding steroid dienone is 1. The van der Waals surface area contributed by atoms with Crippen molar-refractivity contribution in [2.24, 2.45) is 5.92 Å². The Morgan fingerprint density at radius 2 is 2.37 bits per heavy atom. The topological polar surface area (TPSA) is 61.4 Å². The van der Waals surface area contributed by atoms with Crippen molar-refractivity contribution < 1.29 is 9.90 Å². The van der Waals surface area contributed by atoms with Crippen LogP contribution >= 0.6 is 0 Å². The van der Waals surface area contributed by atoms with Crippen LogP contribution in [0.4, 0.5) is 0 Å². The number of hydrogen-bond donors (Lipinski definition) is 3. The van der Waals surface area contributed by atoms with Crippen molar-refractivity contribution >= 4 is 5.91 Å². The summed E-state index contributed by atoms with van der Waals surface area (Å²) in [4.78, 5) is 12.2. The standard InChI is InChI=1S/C15H26N2O2/c1-11(14-4-2-3-9-16-14)17-15(19)13-7-5-12(10-18)6-8-13/h5,11,13-14,16,18H,2-4,6-10H2,1H3,(H,17,19). The van der Waals surface area contributed by atoms with Crippen molar-refractivity contribution in [2.45, 2.75) is 57.5 Å². The van der Waals surface area contributed by atoms with Crippen molar-refractivity contribution in [1.82, 2.24) is 10.6 Å². The summed E-state index contributed by atoms with van der Waals surface area (Å²) in [5.41, 5.74) is 1.08. The zero-order valence-electron chi connectivity index (χ0n) is 11.8. The van der Waals surface area contributed by atoms with Crippen molar-refractivity contribution in [3.05, 3.63) is 11.6 Å². The zero-order valence-corrected chi connectivity index (χ0v) is 11.8. The Morgan fingerprint density at radius 1 is 1.53 bits per heavy atom. The molecule has 1 fully saturated rings. The van der Waals surface area contributed by atoms with Gasteiger partial charge in [0.2, 0.25) is 5.91 Å². The Hall–Kier alpha value is -0.870. The summed E-state index contributed by atoms with van der Waals surface area (Å²) < 4.78 is 0. The van der Waals surface area contributed by atoms with E-state index in [2.05, 4.69) is 17.6 Å². The third-order valence-electron chi connectivity index (χ3n) is 4.40. The molecule has 1 aliphatic heterocycles. The fraction of sp³-hybridized carbons (Fsp3) is 0.800. The predicted molar refractivity (Wildman–Crippen MR) is 75.8 cm³/mol. The first-order valence-corrected chi connectivity index (χ1v) is 7.53. The minimum atomic E-state index is 0.0846. The van der Waals surface area contributed by atoms with Gasteiger partial charge in [0.1, 0.15) is 0 Å². The quantitative estimate of drug-likeness (QED) is 0.673. The van der Waals surface area contributed by atoms with Crippen LogP contribution in [0, 0.1) is 5.92 Å². The third-order valence-corrected chi connectivity index (χ3v) is 4.40. The summed E-state index contributed by atoms with van der Waals surface area (Å²) >= 11 is 0. The molecule has 0 aromatic carbocycles. The molecule has 1 heterocycles. The minimum absolute atomic E-state index is 0.0846. The highest BCUT2D eigenvalue weighted by Crippen LogP contribution is 2.23. The van der Waals surface area contributed by atoms with Crippen LogP contribution in [-0.4, -0.2) is 36.2 Å². The van der Waals surface area contributed by atoms with Crippen molar-refractivity contribution in [3.63, 3.8) is 0 Å². The van der Waals surface area contributed by atoms with E-state index in [-0.39, 0.29) is 24.5 Å². The summed E-state index contributed by atoms with van der Waals surface area (Å²) in [6.07, 6.45) is 8.16. The van der Waals surface area contributed by atoms with E-state index in [1.165, 1.54) is 12.8 Å². The second-order valence-corrected chi connectivity index (χ2v) is 5.85. The summed E-state index contributed by atoms with van der Waals surface area (Å²) in [5, 5.41) is 15.7. The van der Waals surface area contributed by atoms with E-state index >= 15 is 0 Å². The predicted octanol–water partition coefficient (Wildman–Crippen LogP) is 1.35. The van der Waals surface area contributed by atoms with E-state index in [0.29, 0.717) is 6.04 Å². The van der Waals surface area contributed by atoms with E-state index in [1.807, 2.05) is 6.08 Å². The lowest BCUT2D eigenvalue weighted by Gasteiger charge is -2.31. The SMILES string of the molecule is CC(NC(=O)C1CC=C(CO)CC1)C1CCCCN1. The molecular formula is C15H26N2O2. The normalized spacial score (nSPS) is 29.5. The minimum Gasteiger partial charge on any atom is -0.392 e. The lowest BCUT2D eigenvalue weighted by atomic mass is 9.88. The maximum atomic E-state index is 12.2. The Labute approximate surface area is 115 Å². The van der Waals surface area contributed by atoms with Gasteiger partial charge in [-0.3, -0.25) is 4.79 Å². The molecule has 0 radical (unpaired) electrons. The molecule has 1 saturated heterocycles. The molecule has 0 saturated carbocycles. The van der Waals surface area contributed by atoms with Gasteiger partial charge in [0.25, 0.3) is 0 Å². The fourth-order valence-corrected chi connectivity index (χ4v) is 3.02. The van der Waals surface area contributed by atoms with E-state index in [4.69, 9.17) is 5.11 Å². The molecule has 108 valence electrons. The highest BCUT2D eigenvalue weighted by atomic mass is 16.3.